The van der Waals surface area contributed by atoms with E-state index in [0.717, 1.165) is 4.88 Å². The normalized spacial score (nSPS) is 10.6. The smallest absolute Gasteiger partial charge is 0.238 e. The molecule has 2 rings (SSSR count). The van der Waals surface area contributed by atoms with Crippen molar-refractivity contribution in [1.29, 1.82) is 0 Å². The van der Waals surface area contributed by atoms with Crippen LogP contribution in [-0.4, -0.2) is 50.1 Å². The fourth-order valence-electron chi connectivity index (χ4n) is 2.53. The number of hydrogen-bond acceptors (Lipinski definition) is 6. The highest BCUT2D eigenvalue weighted by Gasteiger charge is 2.12. The van der Waals surface area contributed by atoms with Gasteiger partial charge in [0, 0.05) is 16.6 Å². The molecule has 28 heavy (non-hydrogen) atoms. The summed E-state index contributed by atoms with van der Waals surface area (Å²) in [7, 11) is 1.73. The van der Waals surface area contributed by atoms with Crippen molar-refractivity contribution in [1.82, 2.24) is 10.2 Å². The molecule has 8 heteroatoms. The Hall–Kier alpha value is -2.58. The highest BCUT2D eigenvalue weighted by Crippen LogP contribution is 2.30. The molecule has 2 N–H and O–H groups in total. The highest BCUT2D eigenvalue weighted by atomic mass is 32.1. The molecule has 0 atom stereocenters. The predicted octanol–water partition coefficient (Wildman–Crippen LogP) is 2.73. The van der Waals surface area contributed by atoms with E-state index in [9.17, 15) is 9.59 Å². The van der Waals surface area contributed by atoms with Gasteiger partial charge in [-0.25, -0.2) is 0 Å². The fraction of sp³-hybridized carbons (Fsp3) is 0.400. The number of thiophene rings is 1. The van der Waals surface area contributed by atoms with Gasteiger partial charge in [-0.15, -0.1) is 11.3 Å². The number of hydrogen-bond donors (Lipinski definition) is 2. The highest BCUT2D eigenvalue weighted by molar-refractivity contribution is 7.09. The summed E-state index contributed by atoms with van der Waals surface area (Å²) >= 11 is 1.59. The van der Waals surface area contributed by atoms with Gasteiger partial charge in [0.05, 0.1) is 32.8 Å². The molecular weight excluding hydrogens is 378 g/mol. The zero-order valence-electron chi connectivity index (χ0n) is 16.5. The van der Waals surface area contributed by atoms with Crippen LogP contribution in [0.25, 0.3) is 0 Å². The predicted molar refractivity (Wildman–Crippen MR) is 111 cm³/mol. The Morgan fingerprint density at radius 3 is 2.43 bits per heavy atom. The lowest BCUT2D eigenvalue weighted by atomic mass is 10.2. The lowest BCUT2D eigenvalue weighted by Crippen LogP contribution is -2.38. The van der Waals surface area contributed by atoms with Gasteiger partial charge in [-0.2, -0.15) is 0 Å². The topological polar surface area (TPSA) is 79.9 Å². The molecule has 1 heterocycles. The Labute approximate surface area is 169 Å². The molecule has 0 bridgehead atoms. The SMILES string of the molecule is CCOc1ccc(NC(=O)CN(C)CC(=O)NCc2cccs2)cc1OCC. The van der Waals surface area contributed by atoms with Crippen LogP contribution in [-0.2, 0) is 16.1 Å². The Balaban J connectivity index is 1.81. The number of amides is 2. The molecule has 152 valence electrons. The summed E-state index contributed by atoms with van der Waals surface area (Å²) in [5.74, 6) is 0.897. The maximum absolute atomic E-state index is 12.3. The zero-order valence-corrected chi connectivity index (χ0v) is 17.3. The molecule has 2 amide bonds. The van der Waals surface area contributed by atoms with E-state index in [1.165, 1.54) is 0 Å². The van der Waals surface area contributed by atoms with E-state index in [0.29, 0.717) is 36.9 Å². The molecule has 1 aromatic carbocycles. The van der Waals surface area contributed by atoms with E-state index >= 15 is 0 Å². The van der Waals surface area contributed by atoms with Gasteiger partial charge < -0.3 is 20.1 Å². The van der Waals surface area contributed by atoms with Crippen LogP contribution in [0.2, 0.25) is 0 Å². The molecule has 0 aliphatic carbocycles. The molecule has 0 aliphatic heterocycles. The average Bonchev–Trinajstić information content (AvgIpc) is 3.16. The van der Waals surface area contributed by atoms with Crippen LogP contribution in [0.4, 0.5) is 5.69 Å². The van der Waals surface area contributed by atoms with Gasteiger partial charge in [0.1, 0.15) is 0 Å². The molecule has 0 radical (unpaired) electrons. The van der Waals surface area contributed by atoms with Crippen molar-refractivity contribution >= 4 is 28.8 Å². The summed E-state index contributed by atoms with van der Waals surface area (Å²) in [6.45, 7) is 5.57. The van der Waals surface area contributed by atoms with Crippen molar-refractivity contribution in [2.24, 2.45) is 0 Å². The van der Waals surface area contributed by atoms with E-state index < -0.39 is 0 Å². The first-order valence-electron chi connectivity index (χ1n) is 9.19. The molecule has 0 aliphatic rings. The van der Waals surface area contributed by atoms with E-state index in [2.05, 4.69) is 10.6 Å². The third kappa shape index (κ3) is 7.21. The number of ether oxygens (including phenoxy) is 2. The van der Waals surface area contributed by atoms with Crippen molar-refractivity contribution in [3.63, 3.8) is 0 Å². The molecule has 7 nitrogen and oxygen atoms in total. The van der Waals surface area contributed by atoms with Gasteiger partial charge in [0.25, 0.3) is 0 Å². The van der Waals surface area contributed by atoms with E-state index in [1.807, 2.05) is 31.4 Å². The van der Waals surface area contributed by atoms with E-state index in [1.54, 1.807) is 41.5 Å². The molecule has 1 aromatic heterocycles. The summed E-state index contributed by atoms with van der Waals surface area (Å²) in [6.07, 6.45) is 0. The first-order chi connectivity index (χ1) is 13.5. The molecule has 0 spiro atoms. The second kappa shape index (κ2) is 11.3. The standard InChI is InChI=1S/C20H27N3O4S/c1-4-26-17-9-8-15(11-18(17)27-5-2)22-20(25)14-23(3)13-19(24)21-12-16-7-6-10-28-16/h6-11H,4-5,12-14H2,1-3H3,(H,21,24)(H,22,25). The second-order valence-corrected chi connectivity index (χ2v) is 7.14. The Bertz CT molecular complexity index is 765. The van der Waals surface area contributed by atoms with Crippen LogP contribution in [0.5, 0.6) is 11.5 Å². The number of nitrogens with zero attached hydrogens (tertiary/aromatic N) is 1. The van der Waals surface area contributed by atoms with Crippen molar-refractivity contribution < 1.29 is 19.1 Å². The van der Waals surface area contributed by atoms with Crippen LogP contribution in [0, 0.1) is 0 Å². The minimum atomic E-state index is -0.208. The number of carbonyl (C=O) groups excluding carboxylic acids is 2. The lowest BCUT2D eigenvalue weighted by molar-refractivity contribution is -0.123. The Morgan fingerprint density at radius 1 is 1.04 bits per heavy atom. The van der Waals surface area contributed by atoms with Gasteiger partial charge in [0.15, 0.2) is 11.5 Å². The van der Waals surface area contributed by atoms with Gasteiger partial charge in [-0.05, 0) is 44.5 Å². The van der Waals surface area contributed by atoms with Crippen LogP contribution >= 0.6 is 11.3 Å². The maximum Gasteiger partial charge on any atom is 0.238 e. The number of likely N-dealkylation sites (N-methyl/N-ethyl adjacent to an activating group) is 1. The van der Waals surface area contributed by atoms with Crippen molar-refractivity contribution in [2.75, 3.05) is 38.7 Å². The monoisotopic (exact) mass is 405 g/mol. The fourth-order valence-corrected chi connectivity index (χ4v) is 3.17. The summed E-state index contributed by atoms with van der Waals surface area (Å²) in [4.78, 5) is 27.0. The third-order valence-corrected chi connectivity index (χ3v) is 4.57. The van der Waals surface area contributed by atoms with Crippen LogP contribution in [0.1, 0.15) is 18.7 Å². The first-order valence-corrected chi connectivity index (χ1v) is 10.1. The van der Waals surface area contributed by atoms with Crippen molar-refractivity contribution in [3.05, 3.63) is 40.6 Å². The summed E-state index contributed by atoms with van der Waals surface area (Å²) in [5.41, 5.74) is 0.618. The maximum atomic E-state index is 12.3. The van der Waals surface area contributed by atoms with Crippen LogP contribution in [0.15, 0.2) is 35.7 Å². The van der Waals surface area contributed by atoms with Gasteiger partial charge in [-0.1, -0.05) is 6.07 Å². The third-order valence-electron chi connectivity index (χ3n) is 3.69. The van der Waals surface area contributed by atoms with Gasteiger partial charge >= 0.3 is 0 Å². The minimum absolute atomic E-state index is 0.101. The Kier molecular flexibility index (Phi) is 8.77. The zero-order chi connectivity index (χ0) is 20.4. The van der Waals surface area contributed by atoms with Gasteiger partial charge in [-0.3, -0.25) is 14.5 Å². The summed E-state index contributed by atoms with van der Waals surface area (Å²) < 4.78 is 11.1. The van der Waals surface area contributed by atoms with Crippen molar-refractivity contribution in [3.8, 4) is 11.5 Å². The molecule has 0 saturated heterocycles. The number of benzene rings is 1. The largest absolute Gasteiger partial charge is 0.490 e. The van der Waals surface area contributed by atoms with E-state index in [-0.39, 0.29) is 24.9 Å². The molecule has 0 saturated carbocycles. The summed E-state index contributed by atoms with van der Waals surface area (Å²) in [5, 5.41) is 7.64. The number of anilines is 1. The number of carbonyl (C=O) groups is 2. The number of nitrogens with one attached hydrogen (secondary N) is 2. The number of rotatable bonds is 11. The first kappa shape index (κ1) is 21.7. The average molecular weight is 406 g/mol. The van der Waals surface area contributed by atoms with Gasteiger partial charge in [0.2, 0.25) is 11.8 Å². The van der Waals surface area contributed by atoms with Crippen molar-refractivity contribution in [2.45, 2.75) is 20.4 Å². The molecular formula is C20H27N3O4S. The Morgan fingerprint density at radius 2 is 1.75 bits per heavy atom. The van der Waals surface area contributed by atoms with Crippen LogP contribution in [0.3, 0.4) is 0 Å². The molecule has 2 aromatic rings. The van der Waals surface area contributed by atoms with E-state index in [4.69, 9.17) is 9.47 Å². The molecule has 0 fully saturated rings. The quantitative estimate of drug-likeness (QED) is 0.601. The minimum Gasteiger partial charge on any atom is -0.490 e. The molecule has 0 unspecified atom stereocenters. The van der Waals surface area contributed by atoms with Crippen LogP contribution < -0.4 is 20.1 Å². The summed E-state index contributed by atoms with van der Waals surface area (Å²) in [6, 6.07) is 9.18. The lowest BCUT2D eigenvalue weighted by Gasteiger charge is -2.17. The second-order valence-electron chi connectivity index (χ2n) is 6.10.